The number of benzene rings is 1. The van der Waals surface area contributed by atoms with Gasteiger partial charge in [-0.2, -0.15) is 0 Å². The van der Waals surface area contributed by atoms with Crippen molar-refractivity contribution in [1.29, 1.82) is 0 Å². The van der Waals surface area contributed by atoms with Gasteiger partial charge in [0.2, 0.25) is 0 Å². The standard InChI is InChI=1S/C51H70N2O13/c1-11-29(2)45-32(5)22-23-50(66-45)27-38-25-37(65-50)21-20-31(4)44(30(3)16-15-19-36-28-60-47-42(52-58-9)33(6)24-39(48(54)62-38)51(36,47)56)63-41-26-40(57-8)46(34(7)61-41)64-49(55)43(53-59-10)35-17-13-12-14-18-35/h12-20,24,29-30,32,34,37-41,44-47,56H,11,21-23,25-28H2,1-10H3/b16-15+,31-20+,36-19+,52-42+,53-43-/t29?,30-,32-,34-,37+,38-,39-,40-,41-,44-,45+,46-,47+,50+,51+/m0/s1. The molecule has 362 valence electrons. The van der Waals surface area contributed by atoms with Crippen molar-refractivity contribution in [3.8, 4) is 0 Å². The van der Waals surface area contributed by atoms with Crippen LogP contribution in [-0.4, -0.2) is 123 Å². The van der Waals surface area contributed by atoms with Gasteiger partial charge >= 0.3 is 11.9 Å². The number of nitrogens with zero attached hydrogens (tertiary/aromatic N) is 2. The second-order valence-corrected chi connectivity index (χ2v) is 19.0. The Bertz CT molecular complexity index is 2060. The van der Waals surface area contributed by atoms with E-state index in [4.69, 9.17) is 47.6 Å². The third kappa shape index (κ3) is 10.4. The second-order valence-electron chi connectivity index (χ2n) is 19.0. The number of allylic oxidation sites excluding steroid dienone is 2. The molecule has 1 aromatic rings. The lowest BCUT2D eigenvalue weighted by Crippen LogP contribution is -2.57. The molecular formula is C51H70N2O13. The molecule has 1 aromatic carbocycles. The first-order chi connectivity index (χ1) is 31.6. The van der Waals surface area contributed by atoms with Crippen molar-refractivity contribution in [2.75, 3.05) is 27.9 Å². The van der Waals surface area contributed by atoms with Gasteiger partial charge in [0.15, 0.2) is 23.9 Å². The van der Waals surface area contributed by atoms with Crippen molar-refractivity contribution in [2.24, 2.45) is 34.0 Å². The van der Waals surface area contributed by atoms with Crippen molar-refractivity contribution < 1.29 is 62.3 Å². The summed E-state index contributed by atoms with van der Waals surface area (Å²) in [5.41, 5.74) is 1.29. The molecule has 6 aliphatic rings. The van der Waals surface area contributed by atoms with Crippen LogP contribution in [0.3, 0.4) is 0 Å². The Morgan fingerprint density at radius 2 is 1.80 bits per heavy atom. The maximum absolute atomic E-state index is 14.5. The summed E-state index contributed by atoms with van der Waals surface area (Å²) < 4.78 is 52.1. The lowest BCUT2D eigenvalue weighted by Gasteiger charge is -2.51. The van der Waals surface area contributed by atoms with Crippen LogP contribution < -0.4 is 0 Å². The van der Waals surface area contributed by atoms with Gasteiger partial charge in [0.05, 0.1) is 31.0 Å². The molecule has 0 radical (unpaired) electrons. The van der Waals surface area contributed by atoms with Gasteiger partial charge in [-0.1, -0.05) is 105 Å². The molecule has 7 rings (SSSR count). The monoisotopic (exact) mass is 918 g/mol. The fraction of sp³-hybridized carbons (Fsp3) is 0.647. The summed E-state index contributed by atoms with van der Waals surface area (Å²) in [6.45, 7) is 14.4. The number of carbonyl (C=O) groups excluding carboxylic acids is 2. The molecule has 4 saturated heterocycles. The van der Waals surface area contributed by atoms with E-state index in [9.17, 15) is 14.7 Å². The van der Waals surface area contributed by atoms with E-state index in [0.29, 0.717) is 59.9 Å². The van der Waals surface area contributed by atoms with Gasteiger partial charge in [0.25, 0.3) is 0 Å². The van der Waals surface area contributed by atoms with Crippen molar-refractivity contribution in [2.45, 2.75) is 160 Å². The molecule has 4 fully saturated rings. The third-order valence-corrected chi connectivity index (χ3v) is 14.4. The molecule has 15 nitrogen and oxygen atoms in total. The number of hydrogen-bond acceptors (Lipinski definition) is 15. The van der Waals surface area contributed by atoms with E-state index >= 15 is 0 Å². The number of methoxy groups -OCH3 is 1. The lowest BCUT2D eigenvalue weighted by atomic mass is 9.71. The molecule has 1 unspecified atom stereocenters. The molecule has 66 heavy (non-hydrogen) atoms. The number of esters is 2. The first-order valence-corrected chi connectivity index (χ1v) is 23.6. The molecule has 15 heteroatoms. The Hall–Kier alpha value is -4.22. The van der Waals surface area contributed by atoms with Crippen LogP contribution in [-0.2, 0) is 57.2 Å². The fourth-order valence-electron chi connectivity index (χ4n) is 10.6. The minimum absolute atomic E-state index is 0.0204. The Morgan fingerprint density at radius 1 is 1.03 bits per heavy atom. The lowest BCUT2D eigenvalue weighted by molar-refractivity contribution is -0.340. The zero-order valence-electron chi connectivity index (χ0n) is 40.2. The summed E-state index contributed by atoms with van der Waals surface area (Å²) in [5.74, 6) is -2.83. The van der Waals surface area contributed by atoms with Crippen molar-refractivity contribution in [3.05, 3.63) is 83.0 Å². The Morgan fingerprint density at radius 3 is 2.52 bits per heavy atom. The number of aliphatic hydroxyl groups is 1. The SMILES string of the molecule is CCC(C)[C@H]1O[C@]2(CC[C@@H]1C)C[C@@H]1C[C@@H](C/C=C(\C)[C@@H](O[C@H]3C[C@H](OC)[C@@H](OC(=O)/C(=N\OC)c4ccccc4)[C@H](C)O3)[C@@H](C)/C=C/C=C3\CO[C@@H]4/C(=N/OC)C(C)=C[C@@H](C(=O)O1)[C@]34O)O2. The molecule has 1 spiro atoms. The minimum atomic E-state index is -1.80. The summed E-state index contributed by atoms with van der Waals surface area (Å²) in [6, 6.07) is 8.97. The normalized spacial score (nSPS) is 40.7. The highest BCUT2D eigenvalue weighted by atomic mass is 16.7. The molecule has 0 saturated carbocycles. The smallest absolute Gasteiger partial charge is 0.361 e. The predicted molar refractivity (Wildman–Crippen MR) is 245 cm³/mol. The Labute approximate surface area is 389 Å². The molecular weight excluding hydrogens is 849 g/mol. The van der Waals surface area contributed by atoms with E-state index in [1.54, 1.807) is 43.5 Å². The van der Waals surface area contributed by atoms with Gasteiger partial charge in [-0.3, -0.25) is 4.79 Å². The highest BCUT2D eigenvalue weighted by Gasteiger charge is 2.60. The molecule has 5 heterocycles. The molecule has 0 amide bonds. The van der Waals surface area contributed by atoms with E-state index in [0.717, 1.165) is 18.4 Å². The number of ether oxygens (including phenoxy) is 8. The molecule has 1 aliphatic carbocycles. The topological polar surface area (TPSA) is 171 Å². The second kappa shape index (κ2) is 21.4. The van der Waals surface area contributed by atoms with Gasteiger partial charge in [-0.25, -0.2) is 4.79 Å². The van der Waals surface area contributed by atoms with Gasteiger partial charge in [-0.05, 0) is 62.2 Å². The van der Waals surface area contributed by atoms with Crippen LogP contribution in [0.25, 0.3) is 0 Å². The summed E-state index contributed by atoms with van der Waals surface area (Å²) in [7, 11) is 4.39. The molecule has 2 bridgehead atoms. The quantitative estimate of drug-likeness (QED) is 0.107. The zero-order chi connectivity index (χ0) is 47.3. The molecule has 0 aromatic heterocycles. The molecule has 5 aliphatic heterocycles. The van der Waals surface area contributed by atoms with E-state index in [1.165, 1.54) is 14.2 Å². The molecule has 1 N–H and O–H groups in total. The van der Waals surface area contributed by atoms with Gasteiger partial charge < -0.3 is 52.7 Å². The number of fused-ring (bicyclic) bond motifs is 2. The molecule has 15 atom stereocenters. The average Bonchev–Trinajstić information content (AvgIpc) is 3.64. The number of oxime groups is 2. The maximum atomic E-state index is 14.5. The van der Waals surface area contributed by atoms with Gasteiger partial charge in [0.1, 0.15) is 49.8 Å². The summed E-state index contributed by atoms with van der Waals surface area (Å²) in [5, 5.41) is 21.0. The number of carbonyl (C=O) groups is 2. The Kier molecular flexibility index (Phi) is 16.1. The Balaban J connectivity index is 1.20. The van der Waals surface area contributed by atoms with Crippen LogP contribution in [0.15, 0.2) is 87.7 Å². The van der Waals surface area contributed by atoms with Crippen LogP contribution in [0.2, 0.25) is 0 Å². The fourth-order valence-corrected chi connectivity index (χ4v) is 10.6. The van der Waals surface area contributed by atoms with E-state index in [2.05, 4.69) is 44.1 Å². The summed E-state index contributed by atoms with van der Waals surface area (Å²) in [4.78, 5) is 38.3. The summed E-state index contributed by atoms with van der Waals surface area (Å²) >= 11 is 0. The van der Waals surface area contributed by atoms with Crippen LogP contribution in [0.5, 0.6) is 0 Å². The van der Waals surface area contributed by atoms with E-state index < -0.39 is 72.2 Å². The predicted octanol–water partition coefficient (Wildman–Crippen LogP) is 7.31. The highest BCUT2D eigenvalue weighted by Crippen LogP contribution is 2.47. The first kappa shape index (κ1) is 49.7. The van der Waals surface area contributed by atoms with E-state index in [-0.39, 0.29) is 36.9 Å². The highest BCUT2D eigenvalue weighted by molar-refractivity contribution is 6.43. The third-order valence-electron chi connectivity index (χ3n) is 14.4. The average molecular weight is 919 g/mol. The van der Waals surface area contributed by atoms with Crippen molar-refractivity contribution >= 4 is 23.4 Å². The zero-order valence-corrected chi connectivity index (χ0v) is 40.2. The minimum Gasteiger partial charge on any atom is -0.462 e. The van der Waals surface area contributed by atoms with Gasteiger partial charge in [-0.15, -0.1) is 0 Å². The van der Waals surface area contributed by atoms with Crippen molar-refractivity contribution in [1.82, 2.24) is 0 Å². The summed E-state index contributed by atoms with van der Waals surface area (Å²) in [6.07, 6.45) is 8.55. The van der Waals surface area contributed by atoms with Crippen LogP contribution >= 0.6 is 0 Å². The number of rotatable bonds is 10. The van der Waals surface area contributed by atoms with Crippen LogP contribution in [0, 0.1) is 23.7 Å². The van der Waals surface area contributed by atoms with Crippen LogP contribution in [0.4, 0.5) is 0 Å². The maximum Gasteiger partial charge on any atom is 0.361 e. The first-order valence-electron chi connectivity index (χ1n) is 23.6. The number of hydrogen-bond donors (Lipinski definition) is 1. The van der Waals surface area contributed by atoms with Gasteiger partial charge in [0, 0.05) is 44.3 Å². The largest absolute Gasteiger partial charge is 0.462 e. The van der Waals surface area contributed by atoms with Crippen LogP contribution in [0.1, 0.15) is 99.0 Å². The van der Waals surface area contributed by atoms with E-state index in [1.807, 2.05) is 39.0 Å². The van der Waals surface area contributed by atoms with Crippen molar-refractivity contribution in [3.63, 3.8) is 0 Å².